The van der Waals surface area contributed by atoms with Gasteiger partial charge in [-0.2, -0.15) is 0 Å². The number of carbonyl (C=O) groups is 2. The van der Waals surface area contributed by atoms with Crippen molar-refractivity contribution in [3.05, 3.63) is 0 Å². The Balaban J connectivity index is 2.65. The van der Waals surface area contributed by atoms with Crippen molar-refractivity contribution in [2.24, 2.45) is 11.8 Å². The van der Waals surface area contributed by atoms with Gasteiger partial charge < -0.3 is 10.4 Å². The van der Waals surface area contributed by atoms with E-state index in [1.807, 2.05) is 0 Å². The summed E-state index contributed by atoms with van der Waals surface area (Å²) < 4.78 is 0. The lowest BCUT2D eigenvalue weighted by Crippen LogP contribution is -2.29. The Bertz CT molecular complexity index is 202. The molecule has 2 atom stereocenters. The number of carboxylic acids is 1. The smallest absolute Gasteiger partial charge is 0.307 e. The Kier molecular flexibility index (Phi) is 2.68. The maximum atomic E-state index is 11.1. The van der Waals surface area contributed by atoms with Crippen molar-refractivity contribution in [3.8, 4) is 0 Å². The predicted molar refractivity (Wildman–Crippen MR) is 42.5 cm³/mol. The van der Waals surface area contributed by atoms with E-state index in [4.69, 9.17) is 5.11 Å². The number of hydrogen-bond donors (Lipinski definition) is 2. The maximum Gasteiger partial charge on any atom is 0.307 e. The molecule has 0 aromatic rings. The summed E-state index contributed by atoms with van der Waals surface area (Å²) in [6, 6.07) is 0. The fourth-order valence-electron chi connectivity index (χ4n) is 1.63. The van der Waals surface area contributed by atoms with Gasteiger partial charge in [0.2, 0.25) is 5.91 Å². The van der Waals surface area contributed by atoms with Crippen LogP contribution in [0.15, 0.2) is 0 Å². The van der Waals surface area contributed by atoms with Gasteiger partial charge in [0.1, 0.15) is 0 Å². The van der Waals surface area contributed by atoms with E-state index in [0.29, 0.717) is 19.4 Å². The fourth-order valence-corrected chi connectivity index (χ4v) is 1.63. The second-order valence-electron chi connectivity index (χ2n) is 3.04. The van der Waals surface area contributed by atoms with E-state index in [9.17, 15) is 9.59 Å². The second kappa shape index (κ2) is 3.56. The molecule has 1 amide bonds. The molecule has 4 heteroatoms. The number of hydrogen-bond acceptors (Lipinski definition) is 2. The minimum absolute atomic E-state index is 0.107. The number of amides is 1. The third-order valence-electron chi connectivity index (χ3n) is 2.33. The Morgan fingerprint density at radius 2 is 2.50 bits per heavy atom. The summed E-state index contributed by atoms with van der Waals surface area (Å²) in [6.07, 6.45) is 1.18. The van der Waals surface area contributed by atoms with Gasteiger partial charge in [-0.3, -0.25) is 9.59 Å². The van der Waals surface area contributed by atoms with Gasteiger partial charge in [-0.05, 0) is 12.8 Å². The zero-order valence-electron chi connectivity index (χ0n) is 7.04. The molecule has 1 unspecified atom stereocenters. The van der Waals surface area contributed by atoms with E-state index in [-0.39, 0.29) is 11.8 Å². The molecular weight excluding hydrogens is 158 g/mol. The first-order valence-corrected chi connectivity index (χ1v) is 4.17. The van der Waals surface area contributed by atoms with Crippen LogP contribution in [0.1, 0.15) is 19.8 Å². The van der Waals surface area contributed by atoms with E-state index in [1.165, 1.54) is 0 Å². The van der Waals surface area contributed by atoms with Crippen molar-refractivity contribution in [2.45, 2.75) is 19.8 Å². The van der Waals surface area contributed by atoms with Crippen molar-refractivity contribution < 1.29 is 14.7 Å². The molecule has 0 aliphatic carbocycles. The van der Waals surface area contributed by atoms with E-state index < -0.39 is 11.9 Å². The molecule has 12 heavy (non-hydrogen) atoms. The SMILES string of the molecule is CCC(C(=O)O)[C@@H]1CCNC1=O. The third kappa shape index (κ3) is 1.57. The Morgan fingerprint density at radius 3 is 2.83 bits per heavy atom. The molecule has 0 radical (unpaired) electrons. The summed E-state index contributed by atoms with van der Waals surface area (Å²) in [7, 11) is 0. The predicted octanol–water partition coefficient (Wildman–Crippen LogP) is 0.233. The van der Waals surface area contributed by atoms with Gasteiger partial charge in [0.05, 0.1) is 11.8 Å². The van der Waals surface area contributed by atoms with Crippen LogP contribution in [-0.2, 0) is 9.59 Å². The van der Waals surface area contributed by atoms with Crippen LogP contribution in [0.2, 0.25) is 0 Å². The van der Waals surface area contributed by atoms with Gasteiger partial charge >= 0.3 is 5.97 Å². The molecule has 0 saturated carbocycles. The molecule has 1 fully saturated rings. The molecular formula is C8H13NO3. The summed E-state index contributed by atoms with van der Waals surface area (Å²) in [5.74, 6) is -1.79. The quantitative estimate of drug-likeness (QED) is 0.639. The maximum absolute atomic E-state index is 11.1. The topological polar surface area (TPSA) is 66.4 Å². The summed E-state index contributed by atoms with van der Waals surface area (Å²) in [6.45, 7) is 2.41. The molecule has 0 aromatic heterocycles. The standard InChI is InChI=1S/C8H13NO3/c1-2-5(8(11)12)6-3-4-9-7(6)10/h5-6H,2-4H2,1H3,(H,9,10)(H,11,12)/t5?,6-/m0/s1. The van der Waals surface area contributed by atoms with Gasteiger partial charge in [-0.15, -0.1) is 0 Å². The monoisotopic (exact) mass is 171 g/mol. The highest BCUT2D eigenvalue weighted by Crippen LogP contribution is 2.22. The Labute approximate surface area is 71.0 Å². The molecule has 0 aromatic carbocycles. The number of aliphatic carboxylic acids is 1. The molecule has 0 bridgehead atoms. The van der Waals surface area contributed by atoms with Crippen LogP contribution in [0.5, 0.6) is 0 Å². The van der Waals surface area contributed by atoms with E-state index in [1.54, 1.807) is 6.92 Å². The zero-order chi connectivity index (χ0) is 9.14. The van der Waals surface area contributed by atoms with E-state index in [2.05, 4.69) is 5.32 Å². The van der Waals surface area contributed by atoms with Crippen molar-refractivity contribution in [1.29, 1.82) is 0 Å². The minimum Gasteiger partial charge on any atom is -0.481 e. The first kappa shape index (κ1) is 9.03. The minimum atomic E-state index is -0.862. The van der Waals surface area contributed by atoms with Crippen LogP contribution in [0.3, 0.4) is 0 Å². The lowest BCUT2D eigenvalue weighted by molar-refractivity contribution is -0.146. The summed E-state index contributed by atoms with van der Waals surface area (Å²) in [4.78, 5) is 21.8. The van der Waals surface area contributed by atoms with E-state index in [0.717, 1.165) is 0 Å². The fraction of sp³-hybridized carbons (Fsp3) is 0.750. The van der Waals surface area contributed by atoms with Gasteiger partial charge in [0, 0.05) is 6.54 Å². The highest BCUT2D eigenvalue weighted by atomic mass is 16.4. The molecule has 1 saturated heterocycles. The molecule has 2 N–H and O–H groups in total. The molecule has 68 valence electrons. The van der Waals surface area contributed by atoms with Gasteiger partial charge in [-0.1, -0.05) is 6.92 Å². The Hall–Kier alpha value is -1.06. The van der Waals surface area contributed by atoms with E-state index >= 15 is 0 Å². The van der Waals surface area contributed by atoms with Crippen LogP contribution in [-0.4, -0.2) is 23.5 Å². The normalized spacial score (nSPS) is 25.1. The van der Waals surface area contributed by atoms with Crippen LogP contribution in [0, 0.1) is 11.8 Å². The summed E-state index contributed by atoms with van der Waals surface area (Å²) in [5, 5.41) is 11.4. The molecule has 1 aliphatic rings. The molecule has 1 rings (SSSR count). The van der Waals surface area contributed by atoms with Crippen LogP contribution >= 0.6 is 0 Å². The zero-order valence-corrected chi connectivity index (χ0v) is 7.04. The highest BCUT2D eigenvalue weighted by molar-refractivity contribution is 5.86. The largest absolute Gasteiger partial charge is 0.481 e. The number of rotatable bonds is 3. The number of nitrogens with one attached hydrogen (secondary N) is 1. The molecule has 1 aliphatic heterocycles. The summed E-state index contributed by atoms with van der Waals surface area (Å²) >= 11 is 0. The first-order valence-electron chi connectivity index (χ1n) is 4.17. The second-order valence-corrected chi connectivity index (χ2v) is 3.04. The summed E-state index contributed by atoms with van der Waals surface area (Å²) in [5.41, 5.74) is 0. The average Bonchev–Trinajstić information content (AvgIpc) is 2.38. The van der Waals surface area contributed by atoms with Crippen LogP contribution < -0.4 is 5.32 Å². The van der Waals surface area contributed by atoms with Crippen molar-refractivity contribution in [3.63, 3.8) is 0 Å². The van der Waals surface area contributed by atoms with Crippen LogP contribution in [0.4, 0.5) is 0 Å². The van der Waals surface area contributed by atoms with Crippen LogP contribution in [0.25, 0.3) is 0 Å². The lowest BCUT2D eigenvalue weighted by atomic mass is 9.89. The average molecular weight is 171 g/mol. The lowest BCUT2D eigenvalue weighted by Gasteiger charge is -2.14. The molecule has 4 nitrogen and oxygen atoms in total. The number of carboxylic acid groups (broad SMARTS) is 1. The highest BCUT2D eigenvalue weighted by Gasteiger charge is 2.35. The van der Waals surface area contributed by atoms with Crippen molar-refractivity contribution in [1.82, 2.24) is 5.32 Å². The van der Waals surface area contributed by atoms with Gasteiger partial charge in [0.25, 0.3) is 0 Å². The number of carbonyl (C=O) groups excluding carboxylic acids is 1. The third-order valence-corrected chi connectivity index (χ3v) is 2.33. The molecule has 0 spiro atoms. The van der Waals surface area contributed by atoms with Crippen molar-refractivity contribution in [2.75, 3.05) is 6.54 Å². The van der Waals surface area contributed by atoms with Crippen molar-refractivity contribution >= 4 is 11.9 Å². The van der Waals surface area contributed by atoms with Gasteiger partial charge in [-0.25, -0.2) is 0 Å². The molecule has 1 heterocycles. The Morgan fingerprint density at radius 1 is 1.83 bits per heavy atom. The van der Waals surface area contributed by atoms with Gasteiger partial charge in [0.15, 0.2) is 0 Å². The first-order chi connectivity index (χ1) is 5.66.